The van der Waals surface area contributed by atoms with E-state index in [1.54, 1.807) is 0 Å². The maximum Gasteiger partial charge on any atom is 0.164 e. The number of hydrogen-bond donors (Lipinski definition) is 0. The van der Waals surface area contributed by atoms with E-state index in [-0.39, 0.29) is 0 Å². The fourth-order valence-corrected chi connectivity index (χ4v) is 6.17. The summed E-state index contributed by atoms with van der Waals surface area (Å²) in [6, 6.07) is 27.5. The molecule has 0 radical (unpaired) electrons. The molecular weight excluding hydrogens is 480 g/mol. The van der Waals surface area contributed by atoms with Crippen LogP contribution < -0.4 is 0 Å². The number of unbranched alkanes of at least 4 members (excludes halogenated alkanes) is 1. The van der Waals surface area contributed by atoms with Crippen LogP contribution in [0.5, 0.6) is 0 Å². The minimum absolute atomic E-state index is 0.585. The van der Waals surface area contributed by atoms with Gasteiger partial charge in [-0.05, 0) is 46.1 Å². The highest BCUT2D eigenvalue weighted by molar-refractivity contribution is 9.09. The third-order valence-electron chi connectivity index (χ3n) is 6.30. The molecule has 1 aliphatic rings. The van der Waals surface area contributed by atoms with Gasteiger partial charge >= 0.3 is 0 Å². The van der Waals surface area contributed by atoms with Crippen LogP contribution >= 0.6 is 27.5 Å². The van der Waals surface area contributed by atoms with Gasteiger partial charge in [-0.25, -0.2) is 0 Å². The van der Waals surface area contributed by atoms with Crippen LogP contribution in [0.3, 0.4) is 0 Å². The number of fused-ring (bicyclic) bond motifs is 3. The number of para-hydroxylation sites is 1. The number of alkyl halides is 1. The lowest BCUT2D eigenvalue weighted by molar-refractivity contribution is 0.268. The predicted molar refractivity (Wildman–Crippen MR) is 139 cm³/mol. The molecule has 32 heavy (non-hydrogen) atoms. The Hall–Kier alpha value is -2.49. The summed E-state index contributed by atoms with van der Waals surface area (Å²) in [5.74, 6) is 0. The Balaban J connectivity index is 1.78. The van der Waals surface area contributed by atoms with Gasteiger partial charge in [0.25, 0.3) is 0 Å². The number of benzene rings is 3. The summed E-state index contributed by atoms with van der Waals surface area (Å²) in [6.07, 6.45) is 6.74. The molecule has 162 valence electrons. The average Bonchev–Trinajstić information content (AvgIpc) is 3.15. The molecule has 4 heteroatoms. The summed E-state index contributed by atoms with van der Waals surface area (Å²) in [6.45, 7) is 3.98. The first kappa shape index (κ1) is 21.4. The third-order valence-corrected chi connectivity index (χ3v) is 7.89. The van der Waals surface area contributed by atoms with E-state index in [9.17, 15) is 0 Å². The molecule has 5 rings (SSSR count). The van der Waals surface area contributed by atoms with Crippen molar-refractivity contribution in [3.8, 4) is 0 Å². The van der Waals surface area contributed by atoms with Crippen molar-refractivity contribution in [2.24, 2.45) is 0 Å². The van der Waals surface area contributed by atoms with Gasteiger partial charge in [0.2, 0.25) is 0 Å². The molecule has 1 aromatic heterocycles. The third kappa shape index (κ3) is 3.48. The lowest BCUT2D eigenvalue weighted by Gasteiger charge is -2.43. The fraction of sp³-hybridized carbons (Fsp3) is 0.214. The van der Waals surface area contributed by atoms with Crippen molar-refractivity contribution in [2.75, 3.05) is 0 Å². The van der Waals surface area contributed by atoms with Crippen molar-refractivity contribution in [3.63, 3.8) is 0 Å². The first-order valence-corrected chi connectivity index (χ1v) is 12.4. The zero-order valence-electron chi connectivity index (χ0n) is 18.1. The van der Waals surface area contributed by atoms with Crippen molar-refractivity contribution in [3.05, 3.63) is 112 Å². The molecular formula is C28H26BrClN2. The van der Waals surface area contributed by atoms with E-state index < -0.39 is 4.45 Å². The number of halogens is 2. The summed E-state index contributed by atoms with van der Waals surface area (Å²) < 4.78 is 1.91. The lowest BCUT2D eigenvalue weighted by atomic mass is 9.94. The number of nitrogens with zero attached hydrogens (tertiary/aromatic N) is 2. The van der Waals surface area contributed by atoms with Gasteiger partial charge in [0.15, 0.2) is 4.45 Å². The van der Waals surface area contributed by atoms with E-state index in [0.717, 1.165) is 36.5 Å². The van der Waals surface area contributed by atoms with Crippen molar-refractivity contribution in [1.82, 2.24) is 9.47 Å². The zero-order chi connectivity index (χ0) is 22.1. The summed E-state index contributed by atoms with van der Waals surface area (Å²) in [5, 5.41) is 2.04. The van der Waals surface area contributed by atoms with Crippen LogP contribution in [-0.4, -0.2) is 9.47 Å². The largest absolute Gasteiger partial charge is 0.349 e. The average molecular weight is 506 g/mol. The monoisotopic (exact) mass is 504 g/mol. The molecule has 0 fully saturated rings. The molecule has 0 aliphatic carbocycles. The minimum Gasteiger partial charge on any atom is -0.349 e. The quantitative estimate of drug-likeness (QED) is 0.189. The van der Waals surface area contributed by atoms with Crippen LogP contribution in [0, 0.1) is 0 Å². The lowest BCUT2D eigenvalue weighted by Crippen LogP contribution is -2.42. The van der Waals surface area contributed by atoms with Crippen LogP contribution in [0.15, 0.2) is 85.1 Å². The summed E-state index contributed by atoms with van der Waals surface area (Å²) in [4.78, 5) is 2.37. The van der Waals surface area contributed by atoms with Gasteiger partial charge in [-0.3, -0.25) is 0 Å². The van der Waals surface area contributed by atoms with Gasteiger partial charge in [-0.2, -0.15) is 0 Å². The van der Waals surface area contributed by atoms with Gasteiger partial charge in [-0.15, -0.1) is 0 Å². The first-order valence-electron chi connectivity index (χ1n) is 11.2. The Morgan fingerprint density at radius 3 is 2.41 bits per heavy atom. The Kier molecular flexibility index (Phi) is 5.88. The molecule has 1 unspecified atom stereocenters. The number of rotatable bonds is 6. The standard InChI is InChI=1S/C28H26BrClN2/c1-2-3-18-32-26-16-10-7-13-22(26)23-17-19-31(20-21-11-5-4-6-12-21)28(29,27(23)32)24-14-8-9-15-25(24)30/h4-17,19H,2-3,18,20H2,1H3. The second-order valence-corrected chi connectivity index (χ2v) is 9.87. The van der Waals surface area contributed by atoms with Gasteiger partial charge < -0.3 is 9.47 Å². The van der Waals surface area contributed by atoms with Crippen molar-refractivity contribution < 1.29 is 0 Å². The summed E-state index contributed by atoms with van der Waals surface area (Å²) in [7, 11) is 0. The van der Waals surface area contributed by atoms with Gasteiger partial charge in [0.1, 0.15) is 0 Å². The van der Waals surface area contributed by atoms with Crippen LogP contribution in [0.2, 0.25) is 5.02 Å². The zero-order valence-corrected chi connectivity index (χ0v) is 20.5. The van der Waals surface area contributed by atoms with E-state index in [4.69, 9.17) is 11.6 Å². The maximum atomic E-state index is 6.85. The first-order chi connectivity index (χ1) is 15.6. The fourth-order valence-electron chi connectivity index (χ4n) is 4.76. The molecule has 4 aromatic rings. The highest BCUT2D eigenvalue weighted by atomic mass is 79.9. The number of hydrogen-bond acceptors (Lipinski definition) is 1. The molecule has 0 saturated carbocycles. The highest BCUT2D eigenvalue weighted by Gasteiger charge is 2.44. The van der Waals surface area contributed by atoms with E-state index in [2.05, 4.69) is 111 Å². The van der Waals surface area contributed by atoms with E-state index in [0.29, 0.717) is 0 Å². The summed E-state index contributed by atoms with van der Waals surface area (Å²) >= 11 is 11.1. The second-order valence-electron chi connectivity index (χ2n) is 8.32. The van der Waals surface area contributed by atoms with Gasteiger partial charge in [0.05, 0.1) is 5.69 Å². The van der Waals surface area contributed by atoms with Crippen LogP contribution in [0.25, 0.3) is 17.0 Å². The summed E-state index contributed by atoms with van der Waals surface area (Å²) in [5.41, 5.74) is 6.10. The number of aromatic nitrogens is 1. The molecule has 2 nitrogen and oxygen atoms in total. The Morgan fingerprint density at radius 1 is 0.906 bits per heavy atom. The molecule has 0 saturated heterocycles. The topological polar surface area (TPSA) is 8.17 Å². The van der Waals surface area contributed by atoms with Crippen molar-refractivity contribution in [1.29, 1.82) is 0 Å². The Labute approximate surface area is 203 Å². The van der Waals surface area contributed by atoms with Crippen LogP contribution in [-0.2, 0) is 17.5 Å². The molecule has 0 spiro atoms. The maximum absolute atomic E-state index is 6.85. The van der Waals surface area contributed by atoms with Crippen molar-refractivity contribution in [2.45, 2.75) is 37.3 Å². The van der Waals surface area contributed by atoms with E-state index >= 15 is 0 Å². The molecule has 1 atom stereocenters. The second kappa shape index (κ2) is 8.80. The van der Waals surface area contributed by atoms with Crippen molar-refractivity contribution >= 4 is 44.5 Å². The van der Waals surface area contributed by atoms with E-state index in [1.165, 1.54) is 27.7 Å². The van der Waals surface area contributed by atoms with Gasteiger partial charge in [-0.1, -0.05) is 91.7 Å². The number of aryl methyl sites for hydroxylation is 1. The smallest absolute Gasteiger partial charge is 0.164 e. The molecule has 0 N–H and O–H groups in total. The van der Waals surface area contributed by atoms with E-state index in [1.807, 2.05) is 12.1 Å². The predicted octanol–water partition coefficient (Wildman–Crippen LogP) is 8.18. The molecule has 0 bridgehead atoms. The molecule has 3 aromatic carbocycles. The molecule has 0 amide bonds. The molecule has 2 heterocycles. The highest BCUT2D eigenvalue weighted by Crippen LogP contribution is 2.51. The molecule has 1 aliphatic heterocycles. The SMILES string of the molecule is CCCCn1c2c(c3ccccc31)C=CN(Cc1ccccc1)C2(Br)c1ccccc1Cl. The Morgan fingerprint density at radius 2 is 1.62 bits per heavy atom. The van der Waals surface area contributed by atoms with Crippen LogP contribution in [0.4, 0.5) is 0 Å². The minimum atomic E-state index is -0.585. The Bertz CT molecular complexity index is 1280. The van der Waals surface area contributed by atoms with Gasteiger partial charge in [0, 0.05) is 46.3 Å². The van der Waals surface area contributed by atoms with Crippen LogP contribution in [0.1, 0.15) is 42.1 Å². The normalized spacial score (nSPS) is 17.7.